The van der Waals surface area contributed by atoms with Gasteiger partial charge >= 0.3 is 12.1 Å². The van der Waals surface area contributed by atoms with Crippen molar-refractivity contribution in [3.8, 4) is 0 Å². The highest BCUT2D eigenvalue weighted by atomic mass is 79.9. The molecule has 0 aliphatic rings. The molecular weight excluding hydrogens is 383 g/mol. The molecule has 1 aromatic heterocycles. The Balaban J connectivity index is 0.000000322. The number of amides is 1. The summed E-state index contributed by atoms with van der Waals surface area (Å²) in [7, 11) is 0. The van der Waals surface area contributed by atoms with Crippen LogP contribution in [0, 0.1) is 0 Å². The maximum absolute atomic E-state index is 11.0. The Kier molecular flexibility index (Phi) is 6.02. The fourth-order valence-electron chi connectivity index (χ4n) is 1.52. The second-order valence-electron chi connectivity index (χ2n) is 4.46. The average molecular weight is 396 g/mol. The number of H-pyrrole nitrogens is 1. The number of aromatic nitrogens is 1. The van der Waals surface area contributed by atoms with Gasteiger partial charge in [-0.3, -0.25) is 4.79 Å². The van der Waals surface area contributed by atoms with Crippen molar-refractivity contribution in [2.24, 2.45) is 5.73 Å². The molecule has 126 valence electrons. The van der Waals surface area contributed by atoms with Gasteiger partial charge in [0, 0.05) is 21.6 Å². The molecule has 2 rings (SSSR count). The molecule has 10 heteroatoms. The van der Waals surface area contributed by atoms with Gasteiger partial charge in [0.2, 0.25) is 5.91 Å². The van der Waals surface area contributed by atoms with Crippen LogP contribution in [-0.4, -0.2) is 34.2 Å². The minimum Gasteiger partial charge on any atom is -0.475 e. The van der Waals surface area contributed by atoms with Crippen LogP contribution in [0.3, 0.4) is 0 Å². The normalized spacial score (nSPS) is 12.2. The summed E-state index contributed by atoms with van der Waals surface area (Å²) in [6, 6.07) is 5.53. The van der Waals surface area contributed by atoms with E-state index in [2.05, 4.69) is 26.2 Å². The van der Waals surface area contributed by atoms with Crippen LogP contribution < -0.4 is 11.1 Å². The molecule has 1 atom stereocenters. The van der Waals surface area contributed by atoms with Crippen LogP contribution in [0.15, 0.2) is 28.9 Å². The van der Waals surface area contributed by atoms with Gasteiger partial charge in [0.05, 0.1) is 5.69 Å². The first-order valence-electron chi connectivity index (χ1n) is 6.15. The summed E-state index contributed by atoms with van der Waals surface area (Å²) in [6.45, 7) is 1.74. The zero-order chi connectivity index (χ0) is 17.8. The van der Waals surface area contributed by atoms with Gasteiger partial charge in [-0.25, -0.2) is 4.79 Å². The van der Waals surface area contributed by atoms with Gasteiger partial charge < -0.3 is 21.1 Å². The van der Waals surface area contributed by atoms with Gasteiger partial charge in [0.1, 0.15) is 6.04 Å². The van der Waals surface area contributed by atoms with Crippen molar-refractivity contribution >= 4 is 44.4 Å². The van der Waals surface area contributed by atoms with Gasteiger partial charge in [0.15, 0.2) is 0 Å². The number of hydrogen-bond donors (Lipinski definition) is 4. The molecule has 1 amide bonds. The largest absolute Gasteiger partial charge is 0.490 e. The molecule has 0 spiro atoms. The Morgan fingerprint density at radius 1 is 1.39 bits per heavy atom. The average Bonchev–Trinajstić information content (AvgIpc) is 2.80. The van der Waals surface area contributed by atoms with E-state index in [1.54, 1.807) is 6.92 Å². The van der Waals surface area contributed by atoms with E-state index in [-0.39, 0.29) is 5.91 Å². The predicted octanol–water partition coefficient (Wildman–Crippen LogP) is 2.85. The van der Waals surface area contributed by atoms with Crippen LogP contribution in [-0.2, 0) is 9.59 Å². The molecule has 0 saturated heterocycles. The molecule has 5 N–H and O–H groups in total. The lowest BCUT2D eigenvalue weighted by molar-refractivity contribution is -0.192. The number of carboxylic acids is 1. The van der Waals surface area contributed by atoms with Crippen LogP contribution in [0.2, 0.25) is 0 Å². The Labute approximate surface area is 137 Å². The smallest absolute Gasteiger partial charge is 0.475 e. The molecule has 0 radical (unpaired) electrons. The van der Waals surface area contributed by atoms with Crippen molar-refractivity contribution in [2.75, 3.05) is 5.32 Å². The third-order valence-electron chi connectivity index (χ3n) is 2.69. The summed E-state index contributed by atoms with van der Waals surface area (Å²) < 4.78 is 32.7. The first kappa shape index (κ1) is 18.8. The van der Waals surface area contributed by atoms with Crippen molar-refractivity contribution in [3.63, 3.8) is 0 Å². The Hall–Kier alpha value is -2.23. The van der Waals surface area contributed by atoms with E-state index in [4.69, 9.17) is 15.6 Å². The van der Waals surface area contributed by atoms with Crippen molar-refractivity contribution in [1.29, 1.82) is 0 Å². The maximum atomic E-state index is 11.0. The Morgan fingerprint density at radius 2 is 1.96 bits per heavy atom. The van der Waals surface area contributed by atoms with Crippen molar-refractivity contribution in [1.82, 2.24) is 4.98 Å². The molecule has 23 heavy (non-hydrogen) atoms. The van der Waals surface area contributed by atoms with Gasteiger partial charge in [-0.2, -0.15) is 13.2 Å². The van der Waals surface area contributed by atoms with Crippen LogP contribution in [0.5, 0.6) is 0 Å². The number of benzene rings is 1. The van der Waals surface area contributed by atoms with Gasteiger partial charge in [-0.1, -0.05) is 15.9 Å². The highest BCUT2D eigenvalue weighted by molar-refractivity contribution is 9.10. The molecule has 0 saturated carbocycles. The molecule has 1 aromatic carbocycles. The number of halogens is 4. The number of carbonyl (C=O) groups is 2. The SMILES string of the molecule is C[C@@H](Nc1c[nH]c2ccc(Br)cc12)C(N)=O.O=C(O)C(F)(F)F. The zero-order valence-corrected chi connectivity index (χ0v) is 13.3. The molecular formula is C13H13BrF3N3O3. The van der Waals surface area contributed by atoms with Gasteiger partial charge in [-0.05, 0) is 25.1 Å². The first-order valence-corrected chi connectivity index (χ1v) is 6.94. The molecule has 0 aliphatic heterocycles. The lowest BCUT2D eigenvalue weighted by Crippen LogP contribution is -2.32. The van der Waals surface area contributed by atoms with Crippen molar-refractivity contribution < 1.29 is 27.9 Å². The fourth-order valence-corrected chi connectivity index (χ4v) is 1.88. The lowest BCUT2D eigenvalue weighted by atomic mass is 10.2. The first-order chi connectivity index (χ1) is 10.5. The number of aliphatic carboxylic acids is 1. The standard InChI is InChI=1S/C11H12BrN3O.C2HF3O2/c1-6(11(13)16)15-10-5-14-9-3-2-7(12)4-8(9)10;3-2(4,5)1(6)7/h2-6,14-15H,1H3,(H2,13,16);(H,6,7)/t6-;/m1./s1. The second kappa shape index (κ2) is 7.36. The number of hydrogen-bond acceptors (Lipinski definition) is 3. The van der Waals surface area contributed by atoms with E-state index in [1.807, 2.05) is 24.4 Å². The fraction of sp³-hybridized carbons (Fsp3) is 0.231. The molecule has 0 unspecified atom stereocenters. The maximum Gasteiger partial charge on any atom is 0.490 e. The van der Waals surface area contributed by atoms with E-state index in [9.17, 15) is 18.0 Å². The molecule has 2 aromatic rings. The number of aromatic amines is 1. The number of primary amides is 1. The van der Waals surface area contributed by atoms with E-state index in [0.29, 0.717) is 0 Å². The van der Waals surface area contributed by atoms with E-state index in [0.717, 1.165) is 21.1 Å². The highest BCUT2D eigenvalue weighted by Crippen LogP contribution is 2.26. The number of alkyl halides is 3. The van der Waals surface area contributed by atoms with Crippen molar-refractivity contribution in [2.45, 2.75) is 19.1 Å². The van der Waals surface area contributed by atoms with E-state index >= 15 is 0 Å². The number of rotatable bonds is 3. The van der Waals surface area contributed by atoms with Gasteiger partial charge in [-0.15, -0.1) is 0 Å². The minimum absolute atomic E-state index is 0.371. The number of fused-ring (bicyclic) bond motifs is 1. The van der Waals surface area contributed by atoms with Crippen LogP contribution >= 0.6 is 15.9 Å². The summed E-state index contributed by atoms with van der Waals surface area (Å²) in [5, 5.41) is 11.2. The number of carboxylic acid groups (broad SMARTS) is 1. The third kappa shape index (κ3) is 5.47. The van der Waals surface area contributed by atoms with Crippen LogP contribution in [0.25, 0.3) is 10.9 Å². The van der Waals surface area contributed by atoms with Gasteiger partial charge in [0.25, 0.3) is 0 Å². The van der Waals surface area contributed by atoms with E-state index in [1.165, 1.54) is 0 Å². The molecule has 6 nitrogen and oxygen atoms in total. The summed E-state index contributed by atoms with van der Waals surface area (Å²) in [5.41, 5.74) is 7.10. The topological polar surface area (TPSA) is 108 Å². The molecule has 0 bridgehead atoms. The second-order valence-corrected chi connectivity index (χ2v) is 5.38. The monoisotopic (exact) mass is 395 g/mol. The number of anilines is 1. The highest BCUT2D eigenvalue weighted by Gasteiger charge is 2.38. The number of nitrogens with two attached hydrogens (primary N) is 1. The van der Waals surface area contributed by atoms with Crippen molar-refractivity contribution in [3.05, 3.63) is 28.9 Å². The molecule has 1 heterocycles. The third-order valence-corrected chi connectivity index (χ3v) is 3.18. The summed E-state index contributed by atoms with van der Waals surface area (Å²) in [4.78, 5) is 23.0. The minimum atomic E-state index is -5.08. The summed E-state index contributed by atoms with van der Waals surface area (Å²) in [5.74, 6) is -3.13. The quantitative estimate of drug-likeness (QED) is 0.640. The summed E-state index contributed by atoms with van der Waals surface area (Å²) in [6.07, 6.45) is -3.25. The lowest BCUT2D eigenvalue weighted by Gasteiger charge is -2.10. The van der Waals surface area contributed by atoms with Crippen LogP contribution in [0.1, 0.15) is 6.92 Å². The Morgan fingerprint density at radius 3 is 2.43 bits per heavy atom. The molecule has 0 aliphatic carbocycles. The predicted molar refractivity (Wildman–Crippen MR) is 82.0 cm³/mol. The van der Waals surface area contributed by atoms with Crippen LogP contribution in [0.4, 0.5) is 18.9 Å². The zero-order valence-electron chi connectivity index (χ0n) is 11.7. The molecule has 0 fully saturated rings. The number of carbonyl (C=O) groups excluding carboxylic acids is 1. The summed E-state index contributed by atoms with van der Waals surface area (Å²) >= 11 is 3.41. The number of nitrogens with one attached hydrogen (secondary N) is 2. The Bertz CT molecular complexity index is 715. The van der Waals surface area contributed by atoms with E-state index < -0.39 is 18.2 Å².